The number of rotatable bonds is 11. The molecule has 4 nitrogen and oxygen atoms in total. The smallest absolute Gasteiger partial charge is 0.0205 e. The van der Waals surface area contributed by atoms with Crippen LogP contribution >= 0.6 is 0 Å². The lowest BCUT2D eigenvalue weighted by molar-refractivity contribution is 0.647. The summed E-state index contributed by atoms with van der Waals surface area (Å²) in [7, 11) is 0. The summed E-state index contributed by atoms with van der Waals surface area (Å²) < 4.78 is 0. The molecule has 130 valence electrons. The summed E-state index contributed by atoms with van der Waals surface area (Å²) in [4.78, 5) is 0. The van der Waals surface area contributed by atoms with Gasteiger partial charge in [-0.2, -0.15) is 0 Å². The fourth-order valence-electron chi connectivity index (χ4n) is 2.68. The van der Waals surface area contributed by atoms with Crippen molar-refractivity contribution in [2.24, 2.45) is 11.5 Å². The van der Waals surface area contributed by atoms with Crippen LogP contribution in [0.25, 0.3) is 11.1 Å². The second kappa shape index (κ2) is 10.9. The van der Waals surface area contributed by atoms with Gasteiger partial charge in [0.2, 0.25) is 0 Å². The van der Waals surface area contributed by atoms with E-state index in [2.05, 4.69) is 59.2 Å². The highest BCUT2D eigenvalue weighted by Gasteiger charge is 2.04. The number of hydrogen-bond acceptors (Lipinski definition) is 4. The van der Waals surface area contributed by atoms with Gasteiger partial charge in [-0.05, 0) is 73.4 Å². The Morgan fingerprint density at radius 2 is 1.21 bits per heavy atom. The minimum absolute atomic E-state index is 0.730. The highest BCUT2D eigenvalue weighted by molar-refractivity contribution is 5.65. The summed E-state index contributed by atoms with van der Waals surface area (Å²) in [6, 6.07) is 17.4. The molecule has 0 aliphatic carbocycles. The largest absolute Gasteiger partial charge is 0.330 e. The number of benzene rings is 2. The maximum absolute atomic E-state index is 5.55. The van der Waals surface area contributed by atoms with E-state index >= 15 is 0 Å². The topological polar surface area (TPSA) is 76.1 Å². The van der Waals surface area contributed by atoms with Gasteiger partial charge in [-0.3, -0.25) is 0 Å². The number of nitrogens with one attached hydrogen (secondary N) is 2. The van der Waals surface area contributed by atoms with Gasteiger partial charge in [0.1, 0.15) is 0 Å². The van der Waals surface area contributed by atoms with Gasteiger partial charge in [-0.15, -0.1) is 0 Å². The maximum Gasteiger partial charge on any atom is 0.0205 e. The van der Waals surface area contributed by atoms with E-state index in [1.807, 2.05) is 0 Å². The molecule has 4 heteroatoms. The zero-order valence-electron chi connectivity index (χ0n) is 14.4. The molecule has 2 aromatic carbocycles. The summed E-state index contributed by atoms with van der Waals surface area (Å²) in [5.74, 6) is 0. The van der Waals surface area contributed by atoms with Crippen molar-refractivity contribution >= 4 is 0 Å². The summed E-state index contributed by atoms with van der Waals surface area (Å²) in [5.41, 5.74) is 16.2. The first-order chi connectivity index (χ1) is 11.8. The molecule has 0 aliphatic heterocycles. The molecule has 0 aromatic heterocycles. The minimum atomic E-state index is 0.730. The lowest BCUT2D eigenvalue weighted by Crippen LogP contribution is -2.19. The fourth-order valence-corrected chi connectivity index (χ4v) is 2.68. The Kier molecular flexibility index (Phi) is 8.49. The Bertz CT molecular complexity index is 553. The van der Waals surface area contributed by atoms with Crippen molar-refractivity contribution in [2.45, 2.75) is 25.9 Å². The van der Waals surface area contributed by atoms with Crippen LogP contribution in [0.1, 0.15) is 24.0 Å². The summed E-state index contributed by atoms with van der Waals surface area (Å²) in [5, 5.41) is 6.94. The predicted octanol–water partition coefficient (Wildman–Crippen LogP) is 2.23. The quantitative estimate of drug-likeness (QED) is 0.478. The molecule has 0 saturated heterocycles. The van der Waals surface area contributed by atoms with E-state index in [0.29, 0.717) is 0 Å². The molecule has 0 saturated carbocycles. The minimum Gasteiger partial charge on any atom is -0.330 e. The van der Waals surface area contributed by atoms with Crippen LogP contribution in [0.4, 0.5) is 0 Å². The van der Waals surface area contributed by atoms with Gasteiger partial charge in [-0.25, -0.2) is 0 Å². The van der Waals surface area contributed by atoms with Crippen LogP contribution in [-0.2, 0) is 13.1 Å². The normalized spacial score (nSPS) is 10.9. The van der Waals surface area contributed by atoms with Gasteiger partial charge >= 0.3 is 0 Å². The van der Waals surface area contributed by atoms with Crippen molar-refractivity contribution in [3.63, 3.8) is 0 Å². The van der Waals surface area contributed by atoms with Crippen LogP contribution in [-0.4, -0.2) is 26.2 Å². The van der Waals surface area contributed by atoms with Crippen LogP contribution < -0.4 is 22.1 Å². The molecular weight excluding hydrogens is 296 g/mol. The molecular formula is C20H30N4. The summed E-state index contributed by atoms with van der Waals surface area (Å²) in [6.07, 6.45) is 2.01. The van der Waals surface area contributed by atoms with E-state index in [4.69, 9.17) is 11.5 Å². The first kappa shape index (κ1) is 18.6. The van der Waals surface area contributed by atoms with Crippen molar-refractivity contribution in [1.29, 1.82) is 0 Å². The van der Waals surface area contributed by atoms with Crippen molar-refractivity contribution in [1.82, 2.24) is 10.6 Å². The summed E-state index contributed by atoms with van der Waals surface area (Å²) >= 11 is 0. The van der Waals surface area contributed by atoms with Gasteiger partial charge in [-0.1, -0.05) is 36.4 Å². The third-order valence-corrected chi connectivity index (χ3v) is 3.93. The van der Waals surface area contributed by atoms with E-state index in [1.165, 1.54) is 22.3 Å². The standard InChI is InChI=1S/C20H30N4/c21-8-4-10-23-15-17-12-18(16-24-11-5-9-22)14-20(13-17)19-6-2-1-3-7-19/h1-3,6-7,12-14,23-24H,4-5,8-11,15-16,21-22H2. The Labute approximate surface area is 145 Å². The molecule has 0 heterocycles. The van der Waals surface area contributed by atoms with Crippen LogP contribution in [0.3, 0.4) is 0 Å². The molecule has 0 fully saturated rings. The first-order valence-electron chi connectivity index (χ1n) is 8.83. The van der Waals surface area contributed by atoms with Crippen LogP contribution in [0.15, 0.2) is 48.5 Å². The van der Waals surface area contributed by atoms with Gasteiger partial charge in [0.15, 0.2) is 0 Å². The highest BCUT2D eigenvalue weighted by Crippen LogP contribution is 2.22. The Morgan fingerprint density at radius 1 is 0.667 bits per heavy atom. The molecule has 0 bridgehead atoms. The second-order valence-corrected chi connectivity index (χ2v) is 6.04. The maximum atomic E-state index is 5.55. The molecule has 24 heavy (non-hydrogen) atoms. The summed E-state index contributed by atoms with van der Waals surface area (Å²) in [6.45, 7) is 5.11. The molecule has 0 spiro atoms. The van der Waals surface area contributed by atoms with Crippen molar-refractivity contribution < 1.29 is 0 Å². The van der Waals surface area contributed by atoms with Gasteiger partial charge in [0.05, 0.1) is 0 Å². The van der Waals surface area contributed by atoms with Crippen LogP contribution in [0, 0.1) is 0 Å². The predicted molar refractivity (Wildman–Crippen MR) is 103 cm³/mol. The SMILES string of the molecule is NCCCNCc1cc(CNCCCN)cc(-c2ccccc2)c1. The third kappa shape index (κ3) is 6.42. The molecule has 2 rings (SSSR count). The molecule has 0 unspecified atom stereocenters. The van der Waals surface area contributed by atoms with Crippen LogP contribution in [0.2, 0.25) is 0 Å². The van der Waals surface area contributed by atoms with E-state index in [9.17, 15) is 0 Å². The third-order valence-electron chi connectivity index (χ3n) is 3.93. The van der Waals surface area contributed by atoms with Gasteiger partial charge in [0, 0.05) is 13.1 Å². The molecule has 0 aliphatic rings. The monoisotopic (exact) mass is 326 g/mol. The van der Waals surface area contributed by atoms with Crippen molar-refractivity contribution in [3.05, 3.63) is 59.7 Å². The van der Waals surface area contributed by atoms with Gasteiger partial charge < -0.3 is 22.1 Å². The molecule has 0 radical (unpaired) electrons. The Balaban J connectivity index is 2.10. The van der Waals surface area contributed by atoms with Crippen molar-refractivity contribution in [3.8, 4) is 11.1 Å². The highest BCUT2D eigenvalue weighted by atomic mass is 14.9. The lowest BCUT2D eigenvalue weighted by atomic mass is 9.99. The van der Waals surface area contributed by atoms with Crippen LogP contribution in [0.5, 0.6) is 0 Å². The second-order valence-electron chi connectivity index (χ2n) is 6.04. The fraction of sp³-hybridized carbons (Fsp3) is 0.400. The van der Waals surface area contributed by atoms with Gasteiger partial charge in [0.25, 0.3) is 0 Å². The van der Waals surface area contributed by atoms with Crippen molar-refractivity contribution in [2.75, 3.05) is 26.2 Å². The lowest BCUT2D eigenvalue weighted by Gasteiger charge is -2.12. The zero-order valence-corrected chi connectivity index (χ0v) is 14.4. The average Bonchev–Trinajstić information content (AvgIpc) is 2.63. The Hall–Kier alpha value is -1.72. The Morgan fingerprint density at radius 3 is 1.71 bits per heavy atom. The molecule has 0 atom stereocenters. The number of hydrogen-bond donors (Lipinski definition) is 4. The first-order valence-corrected chi connectivity index (χ1v) is 8.83. The van der Waals surface area contributed by atoms with E-state index in [0.717, 1.165) is 52.1 Å². The van der Waals surface area contributed by atoms with E-state index < -0.39 is 0 Å². The molecule has 6 N–H and O–H groups in total. The van der Waals surface area contributed by atoms with E-state index in [1.54, 1.807) is 0 Å². The zero-order chi connectivity index (χ0) is 17.0. The average molecular weight is 326 g/mol. The van der Waals surface area contributed by atoms with E-state index in [-0.39, 0.29) is 0 Å². The molecule has 2 aromatic rings. The number of nitrogens with two attached hydrogens (primary N) is 2. The molecule has 0 amide bonds.